The SMILES string of the molecule is CCN(C)C(=O)C(C)NC(=O)c1sccc1C#CCCO. The minimum atomic E-state index is -0.581. The van der Waals surface area contributed by atoms with Crippen LogP contribution in [0.1, 0.15) is 35.5 Å². The van der Waals surface area contributed by atoms with Crippen molar-refractivity contribution in [1.82, 2.24) is 10.2 Å². The van der Waals surface area contributed by atoms with Gasteiger partial charge in [0, 0.05) is 25.6 Å². The third-order valence-electron chi connectivity index (χ3n) is 2.90. The van der Waals surface area contributed by atoms with Gasteiger partial charge in [-0.15, -0.1) is 11.3 Å². The van der Waals surface area contributed by atoms with Crippen molar-refractivity contribution in [2.45, 2.75) is 26.3 Å². The zero-order chi connectivity index (χ0) is 15.8. The maximum Gasteiger partial charge on any atom is 0.263 e. The predicted molar refractivity (Wildman–Crippen MR) is 83.1 cm³/mol. The molecular formula is C15H20N2O3S. The molecule has 0 aliphatic heterocycles. The summed E-state index contributed by atoms with van der Waals surface area (Å²) in [6, 6.07) is 1.18. The van der Waals surface area contributed by atoms with E-state index in [2.05, 4.69) is 17.2 Å². The van der Waals surface area contributed by atoms with Gasteiger partial charge in [-0.2, -0.15) is 0 Å². The van der Waals surface area contributed by atoms with Crippen LogP contribution in [0.3, 0.4) is 0 Å². The van der Waals surface area contributed by atoms with Gasteiger partial charge in [0.25, 0.3) is 5.91 Å². The molecular weight excluding hydrogens is 288 g/mol. The average molecular weight is 308 g/mol. The molecule has 21 heavy (non-hydrogen) atoms. The molecule has 0 spiro atoms. The Morgan fingerprint density at radius 2 is 2.24 bits per heavy atom. The second-order valence-electron chi connectivity index (χ2n) is 4.49. The Hall–Kier alpha value is -1.84. The second-order valence-corrected chi connectivity index (χ2v) is 5.40. The summed E-state index contributed by atoms with van der Waals surface area (Å²) in [7, 11) is 1.70. The molecule has 0 fully saturated rings. The maximum absolute atomic E-state index is 12.2. The molecule has 0 aliphatic carbocycles. The monoisotopic (exact) mass is 308 g/mol. The van der Waals surface area contributed by atoms with Gasteiger partial charge in [0.05, 0.1) is 6.61 Å². The first kappa shape index (κ1) is 17.2. The number of thiophene rings is 1. The van der Waals surface area contributed by atoms with E-state index in [1.807, 2.05) is 6.92 Å². The van der Waals surface area contributed by atoms with E-state index in [4.69, 9.17) is 5.11 Å². The van der Waals surface area contributed by atoms with Crippen LogP contribution in [0.4, 0.5) is 0 Å². The van der Waals surface area contributed by atoms with Crippen LogP contribution in [-0.2, 0) is 4.79 Å². The third kappa shape index (κ3) is 4.88. The lowest BCUT2D eigenvalue weighted by molar-refractivity contribution is -0.131. The van der Waals surface area contributed by atoms with E-state index in [0.717, 1.165) is 0 Å². The lowest BCUT2D eigenvalue weighted by Crippen LogP contribution is -2.45. The molecule has 114 valence electrons. The van der Waals surface area contributed by atoms with Gasteiger partial charge < -0.3 is 15.3 Å². The van der Waals surface area contributed by atoms with Crippen LogP contribution in [0.25, 0.3) is 0 Å². The number of likely N-dealkylation sites (N-methyl/N-ethyl adjacent to an activating group) is 1. The fourth-order valence-electron chi connectivity index (χ4n) is 1.61. The fraction of sp³-hybridized carbons (Fsp3) is 0.467. The minimum absolute atomic E-state index is 0.00639. The van der Waals surface area contributed by atoms with Crippen molar-refractivity contribution in [2.24, 2.45) is 0 Å². The van der Waals surface area contributed by atoms with Gasteiger partial charge in [-0.05, 0) is 25.3 Å². The highest BCUT2D eigenvalue weighted by molar-refractivity contribution is 7.12. The van der Waals surface area contributed by atoms with Gasteiger partial charge in [-0.25, -0.2) is 0 Å². The van der Waals surface area contributed by atoms with Crippen LogP contribution in [0.5, 0.6) is 0 Å². The van der Waals surface area contributed by atoms with Crippen molar-refractivity contribution in [3.63, 3.8) is 0 Å². The quantitative estimate of drug-likeness (QED) is 0.800. The number of aliphatic hydroxyl groups excluding tert-OH is 1. The second kappa shape index (κ2) is 8.45. The molecule has 1 aromatic heterocycles. The summed E-state index contributed by atoms with van der Waals surface area (Å²) in [5.74, 6) is 5.21. The summed E-state index contributed by atoms with van der Waals surface area (Å²) in [5, 5.41) is 13.2. The van der Waals surface area contributed by atoms with E-state index in [0.29, 0.717) is 23.4 Å². The van der Waals surface area contributed by atoms with E-state index in [1.165, 1.54) is 11.3 Å². The molecule has 1 heterocycles. The van der Waals surface area contributed by atoms with Crippen molar-refractivity contribution in [3.8, 4) is 11.8 Å². The Labute approximate surface area is 129 Å². The molecule has 1 rings (SSSR count). The van der Waals surface area contributed by atoms with E-state index in [-0.39, 0.29) is 18.4 Å². The lowest BCUT2D eigenvalue weighted by Gasteiger charge is -2.20. The summed E-state index contributed by atoms with van der Waals surface area (Å²) in [6.07, 6.45) is 0.368. The Kier molecular flexibility index (Phi) is 6.92. The standard InChI is InChI=1S/C15H20N2O3S/c1-4-17(3)15(20)11(2)16-14(19)13-12(8-10-21-13)7-5-6-9-18/h8,10-11,18H,4,6,9H2,1-3H3,(H,16,19). The summed E-state index contributed by atoms with van der Waals surface area (Å²) >= 11 is 1.28. The molecule has 0 saturated heterocycles. The molecule has 2 N–H and O–H groups in total. The van der Waals surface area contributed by atoms with Crippen molar-refractivity contribution < 1.29 is 14.7 Å². The van der Waals surface area contributed by atoms with Gasteiger partial charge in [0.15, 0.2) is 0 Å². The average Bonchev–Trinajstić information content (AvgIpc) is 2.94. The number of nitrogens with zero attached hydrogens (tertiary/aromatic N) is 1. The number of aliphatic hydroxyl groups is 1. The lowest BCUT2D eigenvalue weighted by atomic mass is 10.2. The number of hydrogen-bond donors (Lipinski definition) is 2. The van der Waals surface area contributed by atoms with E-state index < -0.39 is 6.04 Å². The summed E-state index contributed by atoms with van der Waals surface area (Å²) in [5.41, 5.74) is 0.620. The molecule has 1 atom stereocenters. The van der Waals surface area contributed by atoms with Crippen molar-refractivity contribution >= 4 is 23.2 Å². The molecule has 1 aromatic rings. The molecule has 0 aromatic carbocycles. The van der Waals surface area contributed by atoms with E-state index >= 15 is 0 Å². The van der Waals surface area contributed by atoms with Crippen LogP contribution >= 0.6 is 11.3 Å². The highest BCUT2D eigenvalue weighted by Crippen LogP contribution is 2.16. The Bertz CT molecular complexity index is 557. The maximum atomic E-state index is 12.2. The third-order valence-corrected chi connectivity index (χ3v) is 3.81. The number of hydrogen-bond acceptors (Lipinski definition) is 4. The first-order valence-corrected chi connectivity index (χ1v) is 7.62. The van der Waals surface area contributed by atoms with Crippen LogP contribution in [-0.4, -0.2) is 48.1 Å². The van der Waals surface area contributed by atoms with Gasteiger partial charge in [-0.3, -0.25) is 9.59 Å². The highest BCUT2D eigenvalue weighted by Gasteiger charge is 2.21. The van der Waals surface area contributed by atoms with Gasteiger partial charge in [0.2, 0.25) is 5.91 Å². The predicted octanol–water partition coefficient (Wildman–Crippen LogP) is 1.08. The van der Waals surface area contributed by atoms with Crippen LogP contribution in [0.2, 0.25) is 0 Å². The first-order valence-electron chi connectivity index (χ1n) is 6.74. The van der Waals surface area contributed by atoms with Gasteiger partial charge in [0.1, 0.15) is 10.9 Å². The molecule has 5 nitrogen and oxygen atoms in total. The molecule has 6 heteroatoms. The van der Waals surface area contributed by atoms with Crippen LogP contribution in [0.15, 0.2) is 11.4 Å². The van der Waals surface area contributed by atoms with Crippen LogP contribution in [0, 0.1) is 11.8 Å². The summed E-state index contributed by atoms with van der Waals surface area (Å²) in [6.45, 7) is 4.13. The molecule has 0 aliphatic rings. The Balaban J connectivity index is 2.75. The number of rotatable bonds is 5. The molecule has 0 radical (unpaired) electrons. The fourth-order valence-corrected chi connectivity index (χ4v) is 2.36. The largest absolute Gasteiger partial charge is 0.395 e. The first-order chi connectivity index (χ1) is 10.0. The topological polar surface area (TPSA) is 69.6 Å². The molecule has 0 bridgehead atoms. The smallest absolute Gasteiger partial charge is 0.263 e. The van der Waals surface area contributed by atoms with Crippen LogP contribution < -0.4 is 5.32 Å². The minimum Gasteiger partial charge on any atom is -0.395 e. The Morgan fingerprint density at radius 1 is 1.52 bits per heavy atom. The summed E-state index contributed by atoms with van der Waals surface area (Å²) in [4.78, 5) is 26.2. The van der Waals surface area contributed by atoms with E-state index in [1.54, 1.807) is 30.3 Å². The normalized spacial score (nSPS) is 11.2. The van der Waals surface area contributed by atoms with E-state index in [9.17, 15) is 9.59 Å². The van der Waals surface area contributed by atoms with Crippen molar-refractivity contribution in [2.75, 3.05) is 20.2 Å². The zero-order valence-corrected chi connectivity index (χ0v) is 13.3. The molecule has 0 saturated carbocycles. The number of amides is 2. The zero-order valence-electron chi connectivity index (χ0n) is 12.5. The Morgan fingerprint density at radius 3 is 2.86 bits per heavy atom. The highest BCUT2D eigenvalue weighted by atomic mass is 32.1. The summed E-state index contributed by atoms with van der Waals surface area (Å²) < 4.78 is 0. The number of carbonyl (C=O) groups excluding carboxylic acids is 2. The molecule has 2 amide bonds. The van der Waals surface area contributed by atoms with Gasteiger partial charge >= 0.3 is 0 Å². The van der Waals surface area contributed by atoms with Crippen molar-refractivity contribution in [1.29, 1.82) is 0 Å². The molecule has 1 unspecified atom stereocenters. The number of carbonyl (C=O) groups is 2. The number of nitrogens with one attached hydrogen (secondary N) is 1. The van der Waals surface area contributed by atoms with Gasteiger partial charge in [-0.1, -0.05) is 11.8 Å². The van der Waals surface area contributed by atoms with Crippen molar-refractivity contribution in [3.05, 3.63) is 21.9 Å².